The van der Waals surface area contributed by atoms with Crippen LogP contribution in [0.3, 0.4) is 0 Å². The second kappa shape index (κ2) is 7.30. The first-order valence-corrected chi connectivity index (χ1v) is 11.5. The average molecular weight is 462 g/mol. The molecule has 9 nitrogen and oxygen atoms in total. The molecule has 4 aliphatic rings. The fourth-order valence-corrected chi connectivity index (χ4v) is 7.20. The predicted molar refractivity (Wildman–Crippen MR) is 110 cm³/mol. The lowest BCUT2D eigenvalue weighted by molar-refractivity contribution is -0.301. The minimum absolute atomic E-state index is 0.213. The molecule has 3 heterocycles. The first-order valence-electron chi connectivity index (χ1n) is 11.5. The van der Waals surface area contributed by atoms with Crippen molar-refractivity contribution in [3.05, 3.63) is 24.2 Å². The number of hydrogen-bond donors (Lipinski definition) is 1. The van der Waals surface area contributed by atoms with Crippen LogP contribution >= 0.6 is 0 Å². The largest absolute Gasteiger partial charge is 0.472 e. The molecule has 5 rings (SSSR count). The smallest absolute Gasteiger partial charge is 0.316 e. The molecule has 1 aromatic rings. The van der Waals surface area contributed by atoms with Crippen molar-refractivity contribution in [2.75, 3.05) is 13.2 Å². The minimum Gasteiger partial charge on any atom is -0.472 e. The van der Waals surface area contributed by atoms with Crippen molar-refractivity contribution in [3.8, 4) is 0 Å². The summed E-state index contributed by atoms with van der Waals surface area (Å²) in [5, 5.41) is 12.7. The van der Waals surface area contributed by atoms with Gasteiger partial charge in [0.2, 0.25) is 0 Å². The van der Waals surface area contributed by atoms with E-state index in [1.165, 1.54) is 26.4 Å². The Hall–Kier alpha value is -2.39. The summed E-state index contributed by atoms with van der Waals surface area (Å²) in [5.41, 5.74) is -4.40. The Morgan fingerprint density at radius 3 is 2.61 bits per heavy atom. The van der Waals surface area contributed by atoms with Crippen LogP contribution in [0.25, 0.3) is 0 Å². The van der Waals surface area contributed by atoms with Crippen LogP contribution < -0.4 is 0 Å². The standard InChI is InChI=1S/C24H30O9/c1-14-9-19(32-16(3)26)23(13-30-15(2)25)21(12-31-21)6-4-7-24(23,28)22(14)10-18(33-20(22)27)17-5-8-29-11-17/h5,8,11,14,18-19,28H,4,6-7,9-10,12-13H2,1-3H3. The highest BCUT2D eigenvalue weighted by Gasteiger charge is 2.85. The number of rotatable bonds is 4. The Labute approximate surface area is 191 Å². The van der Waals surface area contributed by atoms with Gasteiger partial charge in [0.1, 0.15) is 35.2 Å². The molecule has 0 aromatic carbocycles. The van der Waals surface area contributed by atoms with E-state index < -0.39 is 52.1 Å². The zero-order valence-corrected chi connectivity index (χ0v) is 19.1. The lowest BCUT2D eigenvalue weighted by atomic mass is 9.40. The van der Waals surface area contributed by atoms with Gasteiger partial charge in [-0.2, -0.15) is 0 Å². The second-order valence-electron chi connectivity index (χ2n) is 10.1. The molecule has 0 bridgehead atoms. The number of carbonyl (C=O) groups excluding carboxylic acids is 3. The van der Waals surface area contributed by atoms with Crippen LogP contribution in [0.15, 0.2) is 23.0 Å². The predicted octanol–water partition coefficient (Wildman–Crippen LogP) is 2.46. The van der Waals surface area contributed by atoms with E-state index in [0.717, 1.165) is 5.56 Å². The SMILES string of the molecule is CC(=O)OCC12C(OC(C)=O)CC(C)C3(CC(c4ccoc4)OC3=O)C1(O)CCCC21CO1. The molecule has 2 saturated heterocycles. The number of fused-ring (bicyclic) bond motifs is 3. The van der Waals surface area contributed by atoms with Gasteiger partial charge in [-0.1, -0.05) is 6.92 Å². The Bertz CT molecular complexity index is 967. The van der Waals surface area contributed by atoms with E-state index in [9.17, 15) is 19.5 Å². The highest BCUT2D eigenvalue weighted by molar-refractivity contribution is 5.82. The topological polar surface area (TPSA) is 125 Å². The van der Waals surface area contributed by atoms with Gasteiger partial charge in [-0.25, -0.2) is 0 Å². The lowest BCUT2D eigenvalue weighted by Gasteiger charge is -2.65. The second-order valence-corrected chi connectivity index (χ2v) is 10.1. The van der Waals surface area contributed by atoms with Crippen molar-refractivity contribution in [1.82, 2.24) is 0 Å². The highest BCUT2D eigenvalue weighted by Crippen LogP contribution is 2.73. The van der Waals surface area contributed by atoms with E-state index in [2.05, 4.69) is 0 Å². The maximum Gasteiger partial charge on any atom is 0.316 e. The molecule has 2 spiro atoms. The van der Waals surface area contributed by atoms with Crippen molar-refractivity contribution in [2.45, 2.75) is 76.3 Å². The summed E-state index contributed by atoms with van der Waals surface area (Å²) in [7, 11) is 0. The van der Waals surface area contributed by atoms with Gasteiger partial charge in [0.25, 0.3) is 0 Å². The number of ether oxygens (including phenoxy) is 4. The van der Waals surface area contributed by atoms with Crippen LogP contribution in [0.1, 0.15) is 64.5 Å². The van der Waals surface area contributed by atoms with Crippen molar-refractivity contribution in [2.24, 2.45) is 16.7 Å². The van der Waals surface area contributed by atoms with Crippen LogP contribution in [0.4, 0.5) is 0 Å². The van der Waals surface area contributed by atoms with Crippen molar-refractivity contribution < 1.29 is 42.9 Å². The molecular weight excluding hydrogens is 432 g/mol. The third-order valence-corrected chi connectivity index (χ3v) is 8.71. The van der Waals surface area contributed by atoms with Gasteiger partial charge in [-0.05, 0) is 37.7 Å². The molecule has 33 heavy (non-hydrogen) atoms. The third-order valence-electron chi connectivity index (χ3n) is 8.71. The molecule has 1 aromatic heterocycles. The molecule has 2 aliphatic carbocycles. The number of furan rings is 1. The van der Waals surface area contributed by atoms with Crippen molar-refractivity contribution in [1.29, 1.82) is 0 Å². The van der Waals surface area contributed by atoms with E-state index in [1.54, 1.807) is 6.07 Å². The first-order chi connectivity index (χ1) is 15.6. The molecule has 9 heteroatoms. The third kappa shape index (κ3) is 2.81. The zero-order chi connectivity index (χ0) is 23.6. The summed E-state index contributed by atoms with van der Waals surface area (Å²) in [6.45, 7) is 4.61. The summed E-state index contributed by atoms with van der Waals surface area (Å²) >= 11 is 0. The van der Waals surface area contributed by atoms with E-state index >= 15 is 0 Å². The van der Waals surface area contributed by atoms with Gasteiger partial charge in [-0.15, -0.1) is 0 Å². The Kier molecular flexibility index (Phi) is 4.96. The first kappa shape index (κ1) is 22.4. The maximum absolute atomic E-state index is 13.7. The van der Waals surface area contributed by atoms with Gasteiger partial charge in [0.05, 0.1) is 24.7 Å². The van der Waals surface area contributed by atoms with Crippen LogP contribution in [-0.2, 0) is 33.3 Å². The van der Waals surface area contributed by atoms with Crippen LogP contribution in [0, 0.1) is 16.7 Å². The molecular formula is C24H30O9. The van der Waals surface area contributed by atoms with Crippen molar-refractivity contribution in [3.63, 3.8) is 0 Å². The molecule has 7 atom stereocenters. The number of epoxide rings is 1. The van der Waals surface area contributed by atoms with E-state index in [0.29, 0.717) is 25.9 Å². The Balaban J connectivity index is 1.68. The summed E-state index contributed by atoms with van der Waals surface area (Å²) in [5.74, 6) is -1.88. The highest BCUT2D eigenvalue weighted by atomic mass is 16.6. The molecule has 2 saturated carbocycles. The minimum atomic E-state index is -1.68. The molecule has 4 fully saturated rings. The summed E-state index contributed by atoms with van der Waals surface area (Å²) in [6.07, 6.45) is 3.74. The van der Waals surface area contributed by atoms with Crippen LogP contribution in [-0.4, -0.2) is 53.5 Å². The number of cyclic esters (lactones) is 1. The Morgan fingerprint density at radius 2 is 2.00 bits per heavy atom. The van der Waals surface area contributed by atoms with E-state index in [1.807, 2.05) is 6.92 Å². The fourth-order valence-electron chi connectivity index (χ4n) is 7.20. The van der Waals surface area contributed by atoms with E-state index in [4.69, 9.17) is 23.4 Å². The number of esters is 3. The number of aliphatic hydroxyl groups is 1. The normalized spacial score (nSPS) is 43.8. The monoisotopic (exact) mass is 462 g/mol. The number of carbonyl (C=O) groups is 3. The maximum atomic E-state index is 13.7. The Morgan fingerprint density at radius 1 is 1.24 bits per heavy atom. The van der Waals surface area contributed by atoms with Crippen LogP contribution in [0.2, 0.25) is 0 Å². The molecule has 7 unspecified atom stereocenters. The fraction of sp³-hybridized carbons (Fsp3) is 0.708. The van der Waals surface area contributed by atoms with E-state index in [-0.39, 0.29) is 25.4 Å². The molecule has 0 radical (unpaired) electrons. The summed E-state index contributed by atoms with van der Waals surface area (Å²) in [6, 6.07) is 1.74. The summed E-state index contributed by atoms with van der Waals surface area (Å²) in [4.78, 5) is 37.8. The van der Waals surface area contributed by atoms with Gasteiger partial charge >= 0.3 is 17.9 Å². The lowest BCUT2D eigenvalue weighted by Crippen LogP contribution is -2.78. The molecule has 1 N–H and O–H groups in total. The zero-order valence-electron chi connectivity index (χ0n) is 19.1. The van der Waals surface area contributed by atoms with Gasteiger partial charge in [0.15, 0.2) is 0 Å². The average Bonchev–Trinajstić information content (AvgIpc) is 3.16. The van der Waals surface area contributed by atoms with Crippen LogP contribution in [0.5, 0.6) is 0 Å². The van der Waals surface area contributed by atoms with Gasteiger partial charge in [-0.3, -0.25) is 14.4 Å². The quantitative estimate of drug-likeness (QED) is 0.408. The molecule has 180 valence electrons. The van der Waals surface area contributed by atoms with Gasteiger partial charge < -0.3 is 28.5 Å². The molecule has 0 amide bonds. The molecule has 2 aliphatic heterocycles. The number of hydrogen-bond acceptors (Lipinski definition) is 9. The van der Waals surface area contributed by atoms with Gasteiger partial charge in [0, 0.05) is 25.8 Å². The van der Waals surface area contributed by atoms with Crippen molar-refractivity contribution >= 4 is 17.9 Å². The summed E-state index contributed by atoms with van der Waals surface area (Å²) < 4.78 is 28.4.